The predicted molar refractivity (Wildman–Crippen MR) is 98.3 cm³/mol. The van der Waals surface area contributed by atoms with Crippen LogP contribution in [0, 0.1) is 5.92 Å². The maximum Gasteiger partial charge on any atom is 0.195 e. The van der Waals surface area contributed by atoms with Crippen LogP contribution in [0.1, 0.15) is 25.0 Å². The number of benzene rings is 1. The van der Waals surface area contributed by atoms with Crippen molar-refractivity contribution in [1.29, 1.82) is 0 Å². The smallest absolute Gasteiger partial charge is 0.195 e. The van der Waals surface area contributed by atoms with Crippen molar-refractivity contribution in [2.24, 2.45) is 5.92 Å². The zero-order chi connectivity index (χ0) is 18.9. The highest BCUT2D eigenvalue weighted by atomic mass is 16.5. The van der Waals surface area contributed by atoms with Gasteiger partial charge in [0.05, 0.1) is 14.2 Å². The molecule has 0 bridgehead atoms. The molecule has 1 aliphatic carbocycles. The fraction of sp³-hybridized carbons (Fsp3) is 0.381. The lowest BCUT2D eigenvalue weighted by Gasteiger charge is -2.29. The maximum absolute atomic E-state index is 12.6. The first kappa shape index (κ1) is 18.3. The average molecular weight is 356 g/mol. The first-order valence-electron chi connectivity index (χ1n) is 8.53. The molecular formula is C21H24O5. The monoisotopic (exact) mass is 356 g/mol. The van der Waals surface area contributed by atoms with E-state index in [1.807, 2.05) is 24.3 Å². The molecule has 5 heteroatoms. The molecule has 1 fully saturated rings. The Labute approximate surface area is 153 Å². The average Bonchev–Trinajstić information content (AvgIpc) is 2.97. The molecule has 3 rings (SSSR count). The quantitative estimate of drug-likeness (QED) is 0.727. The van der Waals surface area contributed by atoms with Crippen molar-refractivity contribution in [3.05, 3.63) is 59.9 Å². The lowest BCUT2D eigenvalue weighted by atomic mass is 9.82. The Morgan fingerprint density at radius 3 is 2.58 bits per heavy atom. The van der Waals surface area contributed by atoms with Gasteiger partial charge < -0.3 is 18.9 Å². The zero-order valence-corrected chi connectivity index (χ0v) is 15.6. The van der Waals surface area contributed by atoms with E-state index in [4.69, 9.17) is 18.9 Å². The highest BCUT2D eigenvalue weighted by molar-refractivity contribution is 6.01. The lowest BCUT2D eigenvalue weighted by molar-refractivity contribution is -0.130. The van der Waals surface area contributed by atoms with Crippen molar-refractivity contribution in [2.45, 2.75) is 25.0 Å². The summed E-state index contributed by atoms with van der Waals surface area (Å²) in [6, 6.07) is 5.72. The van der Waals surface area contributed by atoms with Crippen LogP contribution < -0.4 is 9.47 Å². The van der Waals surface area contributed by atoms with E-state index in [-0.39, 0.29) is 17.8 Å². The number of hydrogen-bond acceptors (Lipinski definition) is 5. The van der Waals surface area contributed by atoms with Crippen molar-refractivity contribution in [3.63, 3.8) is 0 Å². The van der Waals surface area contributed by atoms with Gasteiger partial charge in [-0.15, -0.1) is 6.58 Å². The van der Waals surface area contributed by atoms with E-state index in [1.165, 1.54) is 0 Å². The summed E-state index contributed by atoms with van der Waals surface area (Å²) in [6.45, 7) is 5.83. The SMILES string of the molecule is C=CCC1(OC)C=C2C(=CC1=O)OC(c1ccc(OC)c(OC)c1)C2C. The third-order valence-electron chi connectivity index (χ3n) is 5.10. The van der Waals surface area contributed by atoms with Crippen molar-refractivity contribution >= 4 is 5.78 Å². The lowest BCUT2D eigenvalue weighted by Crippen LogP contribution is -2.39. The summed E-state index contributed by atoms with van der Waals surface area (Å²) in [5.74, 6) is 1.86. The molecule has 138 valence electrons. The Morgan fingerprint density at radius 1 is 1.23 bits per heavy atom. The highest BCUT2D eigenvalue weighted by Gasteiger charge is 2.45. The molecule has 0 N–H and O–H groups in total. The minimum Gasteiger partial charge on any atom is -0.493 e. The van der Waals surface area contributed by atoms with Crippen LogP contribution in [0.15, 0.2) is 54.3 Å². The van der Waals surface area contributed by atoms with Crippen molar-refractivity contribution < 1.29 is 23.7 Å². The topological polar surface area (TPSA) is 54.0 Å². The van der Waals surface area contributed by atoms with E-state index in [2.05, 4.69) is 13.5 Å². The fourth-order valence-corrected chi connectivity index (χ4v) is 3.58. The summed E-state index contributed by atoms with van der Waals surface area (Å²) >= 11 is 0. The van der Waals surface area contributed by atoms with Crippen LogP contribution >= 0.6 is 0 Å². The molecule has 26 heavy (non-hydrogen) atoms. The van der Waals surface area contributed by atoms with E-state index in [0.29, 0.717) is 23.7 Å². The minimum absolute atomic E-state index is 0.0618. The summed E-state index contributed by atoms with van der Waals surface area (Å²) < 4.78 is 22.4. The molecule has 1 aromatic rings. The Balaban J connectivity index is 1.98. The molecule has 2 aliphatic rings. The number of fused-ring (bicyclic) bond motifs is 1. The van der Waals surface area contributed by atoms with Crippen molar-refractivity contribution in [2.75, 3.05) is 21.3 Å². The number of ether oxygens (including phenoxy) is 4. The number of ketones is 1. The van der Waals surface area contributed by atoms with Crippen LogP contribution in [0.3, 0.4) is 0 Å². The Kier molecular flexibility index (Phi) is 4.92. The van der Waals surface area contributed by atoms with Gasteiger partial charge in [-0.1, -0.05) is 19.1 Å². The van der Waals surface area contributed by atoms with Crippen LogP contribution in [0.5, 0.6) is 11.5 Å². The fourth-order valence-electron chi connectivity index (χ4n) is 3.58. The molecule has 3 atom stereocenters. The second-order valence-corrected chi connectivity index (χ2v) is 6.50. The number of rotatable bonds is 6. The Morgan fingerprint density at radius 2 is 1.96 bits per heavy atom. The highest BCUT2D eigenvalue weighted by Crippen LogP contribution is 2.48. The van der Waals surface area contributed by atoms with Crippen LogP contribution in [-0.4, -0.2) is 32.7 Å². The third kappa shape index (κ3) is 2.82. The van der Waals surface area contributed by atoms with E-state index in [0.717, 1.165) is 11.1 Å². The molecule has 0 radical (unpaired) electrons. The van der Waals surface area contributed by atoms with Crippen LogP contribution in [0.4, 0.5) is 0 Å². The van der Waals surface area contributed by atoms with Crippen molar-refractivity contribution in [3.8, 4) is 11.5 Å². The zero-order valence-electron chi connectivity index (χ0n) is 15.6. The van der Waals surface area contributed by atoms with Gasteiger partial charge in [0.2, 0.25) is 0 Å². The van der Waals surface area contributed by atoms with Gasteiger partial charge in [0.15, 0.2) is 22.9 Å². The molecule has 1 heterocycles. The molecule has 0 aromatic heterocycles. The predicted octanol–water partition coefficient (Wildman–Crippen LogP) is 3.77. The normalized spacial score (nSPS) is 27.2. The van der Waals surface area contributed by atoms with E-state index < -0.39 is 5.60 Å². The van der Waals surface area contributed by atoms with Gasteiger partial charge in [-0.3, -0.25) is 4.79 Å². The number of hydrogen-bond donors (Lipinski definition) is 0. The first-order chi connectivity index (χ1) is 12.5. The third-order valence-corrected chi connectivity index (χ3v) is 5.10. The first-order valence-corrected chi connectivity index (χ1v) is 8.53. The molecule has 1 aliphatic heterocycles. The number of carbonyl (C=O) groups is 1. The van der Waals surface area contributed by atoms with E-state index >= 15 is 0 Å². The van der Waals surface area contributed by atoms with Gasteiger partial charge in [0, 0.05) is 31.1 Å². The van der Waals surface area contributed by atoms with Crippen LogP contribution in [-0.2, 0) is 14.3 Å². The molecule has 5 nitrogen and oxygen atoms in total. The maximum atomic E-state index is 12.6. The Hall–Kier alpha value is -2.53. The van der Waals surface area contributed by atoms with Crippen molar-refractivity contribution in [1.82, 2.24) is 0 Å². The standard InChI is InChI=1S/C21H24O5/c1-6-9-21(25-5)12-15-13(2)20(26-17(15)11-19(21)22)14-7-8-16(23-3)18(10-14)24-4/h6-8,10-13,20H,1,9H2,2-5H3. The number of carbonyl (C=O) groups excluding carboxylic acids is 1. The molecule has 0 saturated carbocycles. The number of methoxy groups -OCH3 is 3. The molecule has 1 saturated heterocycles. The molecule has 1 aromatic carbocycles. The second kappa shape index (κ2) is 7.00. The van der Waals surface area contributed by atoms with Gasteiger partial charge in [-0.2, -0.15) is 0 Å². The molecule has 0 amide bonds. The van der Waals surface area contributed by atoms with E-state index in [1.54, 1.807) is 33.5 Å². The van der Waals surface area contributed by atoms with Gasteiger partial charge in [-0.25, -0.2) is 0 Å². The van der Waals surface area contributed by atoms with Crippen LogP contribution in [0.25, 0.3) is 0 Å². The van der Waals surface area contributed by atoms with Gasteiger partial charge in [0.1, 0.15) is 11.9 Å². The summed E-state index contributed by atoms with van der Waals surface area (Å²) in [6.07, 6.45) is 5.33. The summed E-state index contributed by atoms with van der Waals surface area (Å²) in [5, 5.41) is 0. The molecular weight excluding hydrogens is 332 g/mol. The minimum atomic E-state index is -0.995. The van der Waals surface area contributed by atoms with Crippen LogP contribution in [0.2, 0.25) is 0 Å². The molecule has 3 unspecified atom stereocenters. The number of allylic oxidation sites excluding steroid dienone is 1. The largest absolute Gasteiger partial charge is 0.493 e. The second-order valence-electron chi connectivity index (χ2n) is 6.50. The summed E-state index contributed by atoms with van der Waals surface area (Å²) in [7, 11) is 4.75. The van der Waals surface area contributed by atoms with E-state index in [9.17, 15) is 4.79 Å². The summed E-state index contributed by atoms with van der Waals surface area (Å²) in [4.78, 5) is 12.6. The van der Waals surface area contributed by atoms with Gasteiger partial charge in [-0.05, 0) is 23.8 Å². The van der Waals surface area contributed by atoms with Gasteiger partial charge >= 0.3 is 0 Å². The Bertz CT molecular complexity index is 792. The molecule has 0 spiro atoms. The van der Waals surface area contributed by atoms with Gasteiger partial charge in [0.25, 0.3) is 0 Å². The summed E-state index contributed by atoms with van der Waals surface area (Å²) in [5.41, 5.74) is 0.948.